The van der Waals surface area contributed by atoms with Crippen molar-refractivity contribution in [1.82, 2.24) is 10.6 Å². The molecule has 0 bridgehead atoms. The minimum Gasteiger partial charge on any atom is -0.340 e. The Hall–Kier alpha value is -2.15. The summed E-state index contributed by atoms with van der Waals surface area (Å²) in [6.45, 7) is 5.06. The quantitative estimate of drug-likeness (QED) is 0.783. The molecule has 1 aliphatic heterocycles. The zero-order valence-corrected chi connectivity index (χ0v) is 11.8. The van der Waals surface area contributed by atoms with E-state index in [4.69, 9.17) is 0 Å². The molecule has 1 saturated heterocycles. The molecule has 1 fully saturated rings. The summed E-state index contributed by atoms with van der Waals surface area (Å²) in [5.74, 6) is -0.873. The molecule has 7 heteroatoms. The van der Waals surface area contributed by atoms with Crippen molar-refractivity contribution in [2.45, 2.75) is 25.8 Å². The maximum Gasteiger partial charge on any atom is 0.254 e. The molecule has 1 unspecified atom stereocenters. The number of amides is 3. The molecular weight excluding hydrogens is 278 g/mol. The Labute approximate surface area is 120 Å². The fourth-order valence-corrected chi connectivity index (χ4v) is 2.72. The SMILES string of the molecule is C=C1CCC(NC(=O)c2ccsc2NC(C)=O)C(=O)N1. The lowest BCUT2D eigenvalue weighted by molar-refractivity contribution is -0.123. The van der Waals surface area contributed by atoms with Gasteiger partial charge in [-0.15, -0.1) is 11.3 Å². The molecule has 3 amide bonds. The third-order valence-corrected chi connectivity index (χ3v) is 3.69. The third kappa shape index (κ3) is 3.24. The Balaban J connectivity index is 2.05. The topological polar surface area (TPSA) is 87.3 Å². The smallest absolute Gasteiger partial charge is 0.254 e. The van der Waals surface area contributed by atoms with Crippen LogP contribution in [0.15, 0.2) is 23.7 Å². The van der Waals surface area contributed by atoms with Gasteiger partial charge in [0.2, 0.25) is 11.8 Å². The van der Waals surface area contributed by atoms with Crippen molar-refractivity contribution < 1.29 is 14.4 Å². The molecule has 20 heavy (non-hydrogen) atoms. The van der Waals surface area contributed by atoms with E-state index in [0.717, 1.165) is 0 Å². The average molecular weight is 293 g/mol. The molecule has 106 valence electrons. The highest BCUT2D eigenvalue weighted by Gasteiger charge is 2.26. The second-order valence-electron chi connectivity index (χ2n) is 4.50. The van der Waals surface area contributed by atoms with Crippen LogP contribution in [0.2, 0.25) is 0 Å². The van der Waals surface area contributed by atoms with Crippen LogP contribution >= 0.6 is 11.3 Å². The van der Waals surface area contributed by atoms with E-state index in [9.17, 15) is 14.4 Å². The number of nitrogens with one attached hydrogen (secondary N) is 3. The Morgan fingerprint density at radius 1 is 1.50 bits per heavy atom. The number of anilines is 1. The Morgan fingerprint density at radius 3 is 2.90 bits per heavy atom. The number of hydrogen-bond donors (Lipinski definition) is 3. The van der Waals surface area contributed by atoms with Gasteiger partial charge >= 0.3 is 0 Å². The van der Waals surface area contributed by atoms with Crippen molar-refractivity contribution in [3.05, 3.63) is 29.3 Å². The van der Waals surface area contributed by atoms with Gasteiger partial charge in [0, 0.05) is 12.6 Å². The Morgan fingerprint density at radius 2 is 2.25 bits per heavy atom. The number of piperidine rings is 1. The lowest BCUT2D eigenvalue weighted by Crippen LogP contribution is -2.49. The molecule has 0 saturated carbocycles. The second kappa shape index (κ2) is 5.87. The van der Waals surface area contributed by atoms with Gasteiger partial charge in [0.05, 0.1) is 5.56 Å². The predicted molar refractivity (Wildman–Crippen MR) is 76.4 cm³/mol. The van der Waals surface area contributed by atoms with Crippen molar-refractivity contribution in [2.24, 2.45) is 0 Å². The van der Waals surface area contributed by atoms with Crippen molar-refractivity contribution in [2.75, 3.05) is 5.32 Å². The van der Waals surface area contributed by atoms with Gasteiger partial charge in [-0.1, -0.05) is 6.58 Å². The number of rotatable bonds is 3. The minimum absolute atomic E-state index is 0.242. The summed E-state index contributed by atoms with van der Waals surface area (Å²) in [6, 6.07) is 1.04. The molecule has 1 aliphatic rings. The van der Waals surface area contributed by atoms with E-state index in [0.29, 0.717) is 29.1 Å². The van der Waals surface area contributed by atoms with Crippen LogP contribution < -0.4 is 16.0 Å². The van der Waals surface area contributed by atoms with Crippen LogP contribution in [0.5, 0.6) is 0 Å². The zero-order valence-electron chi connectivity index (χ0n) is 11.0. The van der Waals surface area contributed by atoms with Crippen LogP contribution in [0.3, 0.4) is 0 Å². The van der Waals surface area contributed by atoms with Crippen LogP contribution in [-0.2, 0) is 9.59 Å². The van der Waals surface area contributed by atoms with Gasteiger partial charge in [0.25, 0.3) is 5.91 Å². The van der Waals surface area contributed by atoms with E-state index in [1.807, 2.05) is 0 Å². The molecule has 0 spiro atoms. The summed E-state index contributed by atoms with van der Waals surface area (Å²) in [6.07, 6.45) is 1.16. The lowest BCUT2D eigenvalue weighted by atomic mass is 10.0. The Bertz CT molecular complexity index is 579. The first-order chi connectivity index (χ1) is 9.47. The number of hydrogen-bond acceptors (Lipinski definition) is 4. The maximum atomic E-state index is 12.1. The van der Waals surface area contributed by atoms with Gasteiger partial charge in [0.15, 0.2) is 0 Å². The Kier molecular flexibility index (Phi) is 4.19. The van der Waals surface area contributed by atoms with E-state index in [-0.39, 0.29) is 17.7 Å². The first kappa shape index (κ1) is 14.3. The molecule has 1 atom stereocenters. The molecule has 1 aromatic rings. The van der Waals surface area contributed by atoms with Gasteiger partial charge in [-0.2, -0.15) is 0 Å². The monoisotopic (exact) mass is 293 g/mol. The molecule has 6 nitrogen and oxygen atoms in total. The summed E-state index contributed by atoms with van der Waals surface area (Å²) >= 11 is 1.26. The van der Waals surface area contributed by atoms with Crippen molar-refractivity contribution >= 4 is 34.1 Å². The fourth-order valence-electron chi connectivity index (χ4n) is 1.89. The average Bonchev–Trinajstić information content (AvgIpc) is 2.80. The van der Waals surface area contributed by atoms with Crippen molar-refractivity contribution in [3.63, 3.8) is 0 Å². The molecule has 0 aliphatic carbocycles. The van der Waals surface area contributed by atoms with E-state index < -0.39 is 6.04 Å². The van der Waals surface area contributed by atoms with Crippen LogP contribution in [0.4, 0.5) is 5.00 Å². The second-order valence-corrected chi connectivity index (χ2v) is 5.42. The van der Waals surface area contributed by atoms with Crippen LogP contribution in [-0.4, -0.2) is 23.8 Å². The standard InChI is InChI=1S/C13H15N3O3S/c1-7-3-4-10(12(19)14-7)16-11(18)9-5-6-20-13(9)15-8(2)17/h5-6,10H,1,3-4H2,2H3,(H,14,19)(H,15,17)(H,16,18). The summed E-state index contributed by atoms with van der Waals surface area (Å²) < 4.78 is 0. The van der Waals surface area contributed by atoms with Gasteiger partial charge in [-0.05, 0) is 24.3 Å². The normalized spacial score (nSPS) is 18.4. The summed E-state index contributed by atoms with van der Waals surface area (Å²) in [7, 11) is 0. The summed E-state index contributed by atoms with van der Waals surface area (Å²) in [5.41, 5.74) is 1.03. The van der Waals surface area contributed by atoms with Crippen LogP contribution in [0.1, 0.15) is 30.1 Å². The van der Waals surface area contributed by atoms with E-state index >= 15 is 0 Å². The highest BCUT2D eigenvalue weighted by atomic mass is 32.1. The fraction of sp³-hybridized carbons (Fsp3) is 0.308. The molecular formula is C13H15N3O3S. The first-order valence-electron chi connectivity index (χ1n) is 6.12. The first-order valence-corrected chi connectivity index (χ1v) is 7.00. The number of allylic oxidation sites excluding steroid dienone is 1. The highest BCUT2D eigenvalue weighted by Crippen LogP contribution is 2.23. The lowest BCUT2D eigenvalue weighted by Gasteiger charge is -2.24. The van der Waals surface area contributed by atoms with Gasteiger partial charge in [-0.25, -0.2) is 0 Å². The van der Waals surface area contributed by atoms with Crippen molar-refractivity contribution in [3.8, 4) is 0 Å². The number of thiophene rings is 1. The predicted octanol–water partition coefficient (Wildman–Crippen LogP) is 1.23. The molecule has 1 aromatic heterocycles. The number of carbonyl (C=O) groups is 3. The van der Waals surface area contributed by atoms with Gasteiger partial charge in [0.1, 0.15) is 11.0 Å². The largest absolute Gasteiger partial charge is 0.340 e. The van der Waals surface area contributed by atoms with Crippen LogP contribution in [0.25, 0.3) is 0 Å². The summed E-state index contributed by atoms with van der Waals surface area (Å²) in [5, 5.41) is 10.1. The van der Waals surface area contributed by atoms with E-state index in [2.05, 4.69) is 22.5 Å². The number of carbonyl (C=O) groups excluding carboxylic acids is 3. The highest BCUT2D eigenvalue weighted by molar-refractivity contribution is 7.14. The molecule has 0 radical (unpaired) electrons. The third-order valence-electron chi connectivity index (χ3n) is 2.86. The summed E-state index contributed by atoms with van der Waals surface area (Å²) in [4.78, 5) is 34.9. The molecule has 3 N–H and O–H groups in total. The maximum absolute atomic E-state index is 12.1. The minimum atomic E-state index is -0.571. The van der Waals surface area contributed by atoms with E-state index in [1.165, 1.54) is 18.3 Å². The van der Waals surface area contributed by atoms with E-state index in [1.54, 1.807) is 11.4 Å². The molecule has 2 rings (SSSR count). The van der Waals surface area contributed by atoms with Gasteiger partial charge in [-0.3, -0.25) is 14.4 Å². The molecule has 2 heterocycles. The van der Waals surface area contributed by atoms with Gasteiger partial charge < -0.3 is 16.0 Å². The van der Waals surface area contributed by atoms with Crippen LogP contribution in [0, 0.1) is 0 Å². The molecule has 0 aromatic carbocycles. The zero-order chi connectivity index (χ0) is 14.7. The van der Waals surface area contributed by atoms with Crippen molar-refractivity contribution in [1.29, 1.82) is 0 Å².